The number of hydrogen-bond donors (Lipinski definition) is 2. The first kappa shape index (κ1) is 17.9. The Kier molecular flexibility index (Phi) is 6.28. The Labute approximate surface area is 147 Å². The number of nitrogens with one attached hydrogen (secondary N) is 2. The van der Waals surface area contributed by atoms with Crippen molar-refractivity contribution in [2.75, 3.05) is 6.54 Å². The van der Waals surface area contributed by atoms with Gasteiger partial charge in [-0.05, 0) is 24.3 Å². The van der Waals surface area contributed by atoms with Crippen molar-refractivity contribution >= 4 is 41.2 Å². The minimum absolute atomic E-state index is 0.137. The molecule has 0 saturated carbocycles. The first-order chi connectivity index (χ1) is 11.5. The van der Waals surface area contributed by atoms with E-state index in [1.807, 2.05) is 0 Å². The first-order valence-electron chi connectivity index (χ1n) is 6.77. The van der Waals surface area contributed by atoms with Gasteiger partial charge in [0.25, 0.3) is 11.8 Å². The van der Waals surface area contributed by atoms with Gasteiger partial charge in [0.1, 0.15) is 5.82 Å². The number of rotatable bonds is 5. The molecule has 0 atom stereocenters. The molecule has 2 aromatic carbocycles. The molecule has 0 aromatic heterocycles. The summed E-state index contributed by atoms with van der Waals surface area (Å²) >= 11 is 11.7. The zero-order chi connectivity index (χ0) is 17.5. The van der Waals surface area contributed by atoms with E-state index in [9.17, 15) is 14.0 Å². The third-order valence-electron chi connectivity index (χ3n) is 2.88. The molecule has 2 N–H and O–H groups in total. The van der Waals surface area contributed by atoms with Crippen molar-refractivity contribution in [2.45, 2.75) is 0 Å². The Morgan fingerprint density at radius 3 is 2.62 bits per heavy atom. The minimum atomic E-state index is -0.687. The number of amides is 2. The minimum Gasteiger partial charge on any atom is -0.343 e. The zero-order valence-electron chi connectivity index (χ0n) is 12.2. The molecule has 0 unspecified atom stereocenters. The Balaban J connectivity index is 1.84. The van der Waals surface area contributed by atoms with Crippen molar-refractivity contribution < 1.29 is 14.0 Å². The summed E-state index contributed by atoms with van der Waals surface area (Å²) in [5.41, 5.74) is 2.65. The highest BCUT2D eigenvalue weighted by atomic mass is 35.5. The molecule has 0 saturated heterocycles. The summed E-state index contributed by atoms with van der Waals surface area (Å²) in [5, 5.41) is 6.89. The Hall–Kier alpha value is -2.44. The van der Waals surface area contributed by atoms with Crippen LogP contribution in [-0.2, 0) is 4.79 Å². The SMILES string of the molecule is O=C(CNC(=O)c1ccccc1F)N/N=C/c1ccc(Cl)cc1Cl. The van der Waals surface area contributed by atoms with Gasteiger partial charge in [0.05, 0.1) is 23.3 Å². The van der Waals surface area contributed by atoms with E-state index >= 15 is 0 Å². The summed E-state index contributed by atoms with van der Waals surface area (Å²) in [6.07, 6.45) is 1.34. The summed E-state index contributed by atoms with van der Waals surface area (Å²) in [6.45, 7) is -0.348. The summed E-state index contributed by atoms with van der Waals surface area (Å²) in [5.74, 6) is -1.92. The molecule has 0 bridgehead atoms. The normalized spacial score (nSPS) is 10.6. The highest BCUT2D eigenvalue weighted by molar-refractivity contribution is 6.36. The van der Waals surface area contributed by atoms with E-state index in [1.165, 1.54) is 24.4 Å². The van der Waals surface area contributed by atoms with Crippen molar-refractivity contribution in [1.82, 2.24) is 10.7 Å². The van der Waals surface area contributed by atoms with E-state index in [4.69, 9.17) is 23.2 Å². The Bertz CT molecular complexity index is 797. The van der Waals surface area contributed by atoms with Gasteiger partial charge in [0.2, 0.25) is 0 Å². The van der Waals surface area contributed by atoms with E-state index in [-0.39, 0.29) is 12.1 Å². The highest BCUT2D eigenvalue weighted by Gasteiger charge is 2.11. The van der Waals surface area contributed by atoms with Gasteiger partial charge in [0.15, 0.2) is 0 Å². The van der Waals surface area contributed by atoms with E-state index in [0.717, 1.165) is 6.07 Å². The molecule has 2 rings (SSSR count). The average Bonchev–Trinajstić information content (AvgIpc) is 2.55. The van der Waals surface area contributed by atoms with Crippen molar-refractivity contribution in [3.63, 3.8) is 0 Å². The largest absolute Gasteiger partial charge is 0.343 e. The average molecular weight is 368 g/mol. The highest BCUT2D eigenvalue weighted by Crippen LogP contribution is 2.19. The molecule has 0 aliphatic rings. The van der Waals surface area contributed by atoms with Gasteiger partial charge in [-0.25, -0.2) is 9.82 Å². The number of nitrogens with zero attached hydrogens (tertiary/aromatic N) is 1. The van der Waals surface area contributed by atoms with Gasteiger partial charge in [0, 0.05) is 10.6 Å². The number of hydrogen-bond acceptors (Lipinski definition) is 3. The van der Waals surface area contributed by atoms with Crippen LogP contribution in [0.5, 0.6) is 0 Å². The Morgan fingerprint density at radius 2 is 1.92 bits per heavy atom. The summed E-state index contributed by atoms with van der Waals surface area (Å²) in [7, 11) is 0. The lowest BCUT2D eigenvalue weighted by Crippen LogP contribution is -2.35. The van der Waals surface area contributed by atoms with E-state index in [0.29, 0.717) is 15.6 Å². The molecule has 2 amide bonds. The van der Waals surface area contributed by atoms with Crippen LogP contribution in [-0.4, -0.2) is 24.6 Å². The quantitative estimate of drug-likeness (QED) is 0.629. The summed E-state index contributed by atoms with van der Waals surface area (Å²) in [4.78, 5) is 23.3. The predicted octanol–water partition coefficient (Wildman–Crippen LogP) is 3.01. The van der Waals surface area contributed by atoms with E-state index in [2.05, 4.69) is 15.8 Å². The van der Waals surface area contributed by atoms with Crippen LogP contribution in [0.4, 0.5) is 4.39 Å². The number of carbonyl (C=O) groups excluding carboxylic acids is 2. The van der Waals surface area contributed by atoms with E-state index in [1.54, 1.807) is 18.2 Å². The smallest absolute Gasteiger partial charge is 0.259 e. The lowest BCUT2D eigenvalue weighted by atomic mass is 10.2. The van der Waals surface area contributed by atoms with Gasteiger partial charge in [-0.3, -0.25) is 9.59 Å². The molecule has 0 radical (unpaired) electrons. The van der Waals surface area contributed by atoms with Crippen LogP contribution in [0.15, 0.2) is 47.6 Å². The van der Waals surface area contributed by atoms with Crippen molar-refractivity contribution in [3.05, 3.63) is 69.5 Å². The molecule has 0 spiro atoms. The second-order valence-corrected chi connectivity index (χ2v) is 5.47. The Morgan fingerprint density at radius 1 is 1.17 bits per heavy atom. The standard InChI is InChI=1S/C16H12Cl2FN3O2/c17-11-6-5-10(13(18)7-11)8-21-22-15(23)9-20-16(24)12-3-1-2-4-14(12)19/h1-8H,9H2,(H,20,24)(H,22,23)/b21-8+. The van der Waals surface area contributed by atoms with Crippen LogP contribution >= 0.6 is 23.2 Å². The number of halogens is 3. The second kappa shape index (κ2) is 8.42. The van der Waals surface area contributed by atoms with Crippen molar-refractivity contribution in [2.24, 2.45) is 5.10 Å². The number of hydrazone groups is 1. The molecule has 24 heavy (non-hydrogen) atoms. The fourth-order valence-corrected chi connectivity index (χ4v) is 2.18. The monoisotopic (exact) mass is 367 g/mol. The molecule has 0 fully saturated rings. The van der Waals surface area contributed by atoms with Gasteiger partial charge in [-0.2, -0.15) is 5.10 Å². The lowest BCUT2D eigenvalue weighted by Gasteiger charge is -2.05. The topological polar surface area (TPSA) is 70.6 Å². The third-order valence-corrected chi connectivity index (χ3v) is 3.45. The van der Waals surface area contributed by atoms with Crippen LogP contribution in [0.1, 0.15) is 15.9 Å². The van der Waals surface area contributed by atoms with Gasteiger partial charge in [-0.15, -0.1) is 0 Å². The maximum Gasteiger partial charge on any atom is 0.259 e. The summed E-state index contributed by atoms with van der Waals surface area (Å²) < 4.78 is 13.4. The fraction of sp³-hybridized carbons (Fsp3) is 0.0625. The predicted molar refractivity (Wildman–Crippen MR) is 90.9 cm³/mol. The first-order valence-corrected chi connectivity index (χ1v) is 7.52. The number of benzene rings is 2. The zero-order valence-corrected chi connectivity index (χ0v) is 13.7. The third kappa shape index (κ3) is 5.04. The van der Waals surface area contributed by atoms with E-state index < -0.39 is 17.6 Å². The van der Waals surface area contributed by atoms with Gasteiger partial charge in [-0.1, -0.05) is 41.4 Å². The van der Waals surface area contributed by atoms with Gasteiger partial charge < -0.3 is 5.32 Å². The molecule has 5 nitrogen and oxygen atoms in total. The van der Waals surface area contributed by atoms with Crippen molar-refractivity contribution in [3.8, 4) is 0 Å². The molecule has 124 valence electrons. The van der Waals surface area contributed by atoms with Crippen LogP contribution < -0.4 is 10.7 Å². The van der Waals surface area contributed by atoms with Crippen LogP contribution in [0, 0.1) is 5.82 Å². The van der Waals surface area contributed by atoms with Crippen LogP contribution in [0.3, 0.4) is 0 Å². The molecule has 0 aliphatic heterocycles. The second-order valence-electron chi connectivity index (χ2n) is 4.62. The number of carbonyl (C=O) groups is 2. The molecular formula is C16H12Cl2FN3O2. The van der Waals surface area contributed by atoms with Crippen LogP contribution in [0.25, 0.3) is 0 Å². The molecule has 0 heterocycles. The van der Waals surface area contributed by atoms with Crippen molar-refractivity contribution in [1.29, 1.82) is 0 Å². The molecule has 0 aliphatic carbocycles. The molecular weight excluding hydrogens is 356 g/mol. The van der Waals surface area contributed by atoms with Gasteiger partial charge >= 0.3 is 0 Å². The molecule has 2 aromatic rings. The van der Waals surface area contributed by atoms with Crippen LogP contribution in [0.2, 0.25) is 10.0 Å². The summed E-state index contributed by atoms with van der Waals surface area (Å²) in [6, 6.07) is 10.3. The lowest BCUT2D eigenvalue weighted by molar-refractivity contribution is -0.120. The fourth-order valence-electron chi connectivity index (χ4n) is 1.72. The maximum atomic E-state index is 13.4. The maximum absolute atomic E-state index is 13.4. The molecule has 8 heteroatoms.